The van der Waals surface area contributed by atoms with E-state index in [0.717, 1.165) is 16.7 Å². The molecule has 0 aliphatic carbocycles. The maximum absolute atomic E-state index is 9.89. The molecule has 3 aromatic rings. The smallest absolute Gasteiger partial charge is 0.231 e. The highest BCUT2D eigenvalue weighted by Crippen LogP contribution is 2.48. The molecular weight excluding hydrogens is 491 g/mol. The molecule has 2 N–H and O–H groups in total. The molecule has 0 aromatic heterocycles. The summed E-state index contributed by atoms with van der Waals surface area (Å²) in [7, 11) is 0. The van der Waals surface area contributed by atoms with Crippen molar-refractivity contribution < 1.29 is 23.7 Å². The first-order valence-corrected chi connectivity index (χ1v) is 11.6. The quantitative estimate of drug-likeness (QED) is 0.439. The molecule has 1 atom stereocenters. The zero-order valence-electron chi connectivity index (χ0n) is 18.6. The van der Waals surface area contributed by atoms with Crippen molar-refractivity contribution in [3.63, 3.8) is 0 Å². The largest absolute Gasteiger partial charge is 0.490 e. The van der Waals surface area contributed by atoms with Gasteiger partial charge in [-0.05, 0) is 48.4 Å². The number of nitrogens with zero attached hydrogens (tertiary/aromatic N) is 1. The number of halogens is 2. The van der Waals surface area contributed by atoms with Crippen molar-refractivity contribution >= 4 is 23.2 Å². The van der Waals surface area contributed by atoms with E-state index in [1.165, 1.54) is 0 Å². The molecule has 35 heavy (non-hydrogen) atoms. The molecule has 1 unspecified atom stereocenters. The predicted octanol–water partition coefficient (Wildman–Crippen LogP) is 5.92. The third-order valence-corrected chi connectivity index (χ3v) is 6.43. The maximum atomic E-state index is 9.89. The van der Waals surface area contributed by atoms with Crippen LogP contribution in [0.3, 0.4) is 0 Å². The van der Waals surface area contributed by atoms with Gasteiger partial charge in [-0.1, -0.05) is 35.3 Å². The third-order valence-electron chi connectivity index (χ3n) is 5.69. The topological polar surface area (TPSA) is 96.0 Å². The Kier molecular flexibility index (Phi) is 6.25. The van der Waals surface area contributed by atoms with E-state index < -0.39 is 5.92 Å². The number of hydrogen-bond donors (Lipinski definition) is 1. The molecule has 0 fully saturated rings. The molecule has 0 radical (unpaired) electrons. The lowest BCUT2D eigenvalue weighted by atomic mass is 9.83. The summed E-state index contributed by atoms with van der Waals surface area (Å²) in [5.41, 5.74) is 8.82. The first-order chi connectivity index (χ1) is 17.0. The van der Waals surface area contributed by atoms with Crippen LogP contribution in [0.5, 0.6) is 28.7 Å². The summed E-state index contributed by atoms with van der Waals surface area (Å²) in [6.45, 7) is 2.71. The van der Waals surface area contributed by atoms with Crippen LogP contribution in [0.2, 0.25) is 10.0 Å². The van der Waals surface area contributed by atoms with Crippen LogP contribution in [0.4, 0.5) is 0 Å². The second kappa shape index (κ2) is 9.49. The van der Waals surface area contributed by atoms with Crippen molar-refractivity contribution in [1.82, 2.24) is 0 Å². The van der Waals surface area contributed by atoms with Crippen LogP contribution in [0.1, 0.15) is 29.5 Å². The molecule has 2 aliphatic rings. The van der Waals surface area contributed by atoms with Gasteiger partial charge in [0.25, 0.3) is 0 Å². The summed E-state index contributed by atoms with van der Waals surface area (Å²) >= 11 is 12.1. The minimum atomic E-state index is -0.485. The van der Waals surface area contributed by atoms with Crippen LogP contribution in [0.15, 0.2) is 60.0 Å². The van der Waals surface area contributed by atoms with Gasteiger partial charge in [0.05, 0.1) is 22.6 Å². The summed E-state index contributed by atoms with van der Waals surface area (Å²) in [5.74, 6) is 2.31. The summed E-state index contributed by atoms with van der Waals surface area (Å²) in [5, 5.41) is 10.8. The molecule has 0 amide bonds. The molecule has 9 heteroatoms. The molecule has 5 rings (SSSR count). The van der Waals surface area contributed by atoms with Crippen molar-refractivity contribution in [3.05, 3.63) is 86.7 Å². The molecule has 2 aliphatic heterocycles. The standard InChI is InChI=1S/C26H20Cl2N2O5/c1-2-31-22-8-15(4-6-20(22)32-12-14-3-5-18(27)19(28)7-14)25-16-9-23-24(34-13-33-23)10-21(16)35-26(30)17(25)11-29/h3-10,25H,2,12-13,30H2,1H3. The lowest BCUT2D eigenvalue weighted by Crippen LogP contribution is -2.21. The lowest BCUT2D eigenvalue weighted by molar-refractivity contribution is 0.174. The Bertz CT molecular complexity index is 1380. The maximum Gasteiger partial charge on any atom is 0.231 e. The summed E-state index contributed by atoms with van der Waals surface area (Å²) in [4.78, 5) is 0. The fourth-order valence-electron chi connectivity index (χ4n) is 4.07. The average molecular weight is 511 g/mol. The minimum Gasteiger partial charge on any atom is -0.490 e. The van der Waals surface area contributed by atoms with Gasteiger partial charge in [-0.3, -0.25) is 0 Å². The molecule has 178 valence electrons. The van der Waals surface area contributed by atoms with Gasteiger partial charge < -0.3 is 29.4 Å². The average Bonchev–Trinajstić information content (AvgIpc) is 3.30. The van der Waals surface area contributed by atoms with Crippen LogP contribution < -0.4 is 29.4 Å². The first-order valence-electron chi connectivity index (χ1n) is 10.8. The predicted molar refractivity (Wildman–Crippen MR) is 130 cm³/mol. The number of allylic oxidation sites excluding steroid dienone is 1. The summed E-state index contributed by atoms with van der Waals surface area (Å²) in [6, 6.07) is 16.6. The van der Waals surface area contributed by atoms with Gasteiger partial charge in [-0.2, -0.15) is 5.26 Å². The third kappa shape index (κ3) is 4.39. The van der Waals surface area contributed by atoms with Crippen LogP contribution in [-0.2, 0) is 6.61 Å². The Morgan fingerprint density at radius 1 is 0.971 bits per heavy atom. The fraction of sp³-hybridized carbons (Fsp3) is 0.192. The molecule has 0 saturated heterocycles. The number of ether oxygens (including phenoxy) is 5. The zero-order valence-corrected chi connectivity index (χ0v) is 20.2. The Labute approximate surface area is 212 Å². The van der Waals surface area contributed by atoms with E-state index in [9.17, 15) is 5.26 Å². The molecular formula is C26H20Cl2N2O5. The number of hydrogen-bond acceptors (Lipinski definition) is 7. The van der Waals surface area contributed by atoms with Gasteiger partial charge in [-0.15, -0.1) is 0 Å². The number of benzene rings is 3. The van der Waals surface area contributed by atoms with Gasteiger partial charge >= 0.3 is 0 Å². The molecule has 0 bridgehead atoms. The summed E-state index contributed by atoms with van der Waals surface area (Å²) in [6.07, 6.45) is 0. The van der Waals surface area contributed by atoms with E-state index in [-0.39, 0.29) is 19.3 Å². The van der Waals surface area contributed by atoms with Gasteiger partial charge in [0.15, 0.2) is 23.0 Å². The van der Waals surface area contributed by atoms with Crippen LogP contribution in [-0.4, -0.2) is 13.4 Å². The van der Waals surface area contributed by atoms with Crippen molar-refractivity contribution in [1.29, 1.82) is 5.26 Å². The normalized spacial score (nSPS) is 15.8. The lowest BCUT2D eigenvalue weighted by Gasteiger charge is -2.27. The van der Waals surface area contributed by atoms with Crippen LogP contribution in [0, 0.1) is 11.3 Å². The highest BCUT2D eigenvalue weighted by atomic mass is 35.5. The highest BCUT2D eigenvalue weighted by Gasteiger charge is 2.33. The number of fused-ring (bicyclic) bond motifs is 2. The Balaban J connectivity index is 1.51. The van der Waals surface area contributed by atoms with E-state index in [1.54, 1.807) is 18.2 Å². The van der Waals surface area contributed by atoms with Gasteiger partial charge in [0.1, 0.15) is 24.0 Å². The highest BCUT2D eigenvalue weighted by molar-refractivity contribution is 6.42. The van der Waals surface area contributed by atoms with Crippen LogP contribution >= 0.6 is 23.2 Å². The van der Waals surface area contributed by atoms with Crippen molar-refractivity contribution in [2.45, 2.75) is 19.4 Å². The van der Waals surface area contributed by atoms with Gasteiger partial charge in [0, 0.05) is 11.6 Å². The number of rotatable bonds is 6. The van der Waals surface area contributed by atoms with Crippen LogP contribution in [0.25, 0.3) is 0 Å². The second-order valence-electron chi connectivity index (χ2n) is 7.84. The first kappa shape index (κ1) is 23.0. The van der Waals surface area contributed by atoms with Crippen molar-refractivity contribution in [2.24, 2.45) is 5.73 Å². The SMILES string of the molecule is CCOc1cc(C2C(C#N)=C(N)Oc3cc4c(cc32)OCO4)ccc1OCc1ccc(Cl)c(Cl)c1. The molecule has 2 heterocycles. The van der Waals surface area contributed by atoms with E-state index in [1.807, 2.05) is 37.3 Å². The van der Waals surface area contributed by atoms with Gasteiger partial charge in [-0.25, -0.2) is 0 Å². The van der Waals surface area contributed by atoms with E-state index >= 15 is 0 Å². The Morgan fingerprint density at radius 3 is 2.51 bits per heavy atom. The molecule has 3 aromatic carbocycles. The van der Waals surface area contributed by atoms with E-state index in [2.05, 4.69) is 6.07 Å². The molecule has 0 saturated carbocycles. The summed E-state index contributed by atoms with van der Waals surface area (Å²) < 4.78 is 28.7. The fourth-order valence-corrected chi connectivity index (χ4v) is 4.39. The Morgan fingerprint density at radius 2 is 1.77 bits per heavy atom. The van der Waals surface area contributed by atoms with Crippen molar-refractivity contribution in [3.8, 4) is 34.8 Å². The van der Waals surface area contributed by atoms with E-state index in [0.29, 0.717) is 51.0 Å². The number of nitriles is 1. The second-order valence-corrected chi connectivity index (χ2v) is 8.66. The Hall–Kier alpha value is -3.73. The monoisotopic (exact) mass is 510 g/mol. The van der Waals surface area contributed by atoms with Crippen molar-refractivity contribution in [2.75, 3.05) is 13.4 Å². The molecule has 0 spiro atoms. The van der Waals surface area contributed by atoms with E-state index in [4.69, 9.17) is 52.6 Å². The number of nitrogens with two attached hydrogens (primary N) is 1. The zero-order chi connectivity index (χ0) is 24.5. The molecule has 7 nitrogen and oxygen atoms in total. The van der Waals surface area contributed by atoms with Gasteiger partial charge in [0.2, 0.25) is 12.7 Å². The minimum absolute atomic E-state index is 0.0433.